The van der Waals surface area contributed by atoms with Crippen LogP contribution in [0.15, 0.2) is 30.3 Å². The van der Waals surface area contributed by atoms with Crippen molar-refractivity contribution in [3.05, 3.63) is 35.9 Å². The number of hydrogen-bond donors (Lipinski definition) is 3. The summed E-state index contributed by atoms with van der Waals surface area (Å²) in [4.78, 5) is 12.2. The lowest BCUT2D eigenvalue weighted by Gasteiger charge is -2.28. The molecule has 0 radical (unpaired) electrons. The number of carbonyl (C=O) groups excluding carboxylic acids is 1. The van der Waals surface area contributed by atoms with Gasteiger partial charge in [-0.25, -0.2) is 0 Å². The van der Waals surface area contributed by atoms with Crippen molar-refractivity contribution in [1.29, 1.82) is 0 Å². The number of carbonyl (C=O) groups is 1. The Morgan fingerprint density at radius 1 is 1.25 bits per heavy atom. The van der Waals surface area contributed by atoms with E-state index in [9.17, 15) is 9.90 Å². The van der Waals surface area contributed by atoms with Gasteiger partial charge in [-0.1, -0.05) is 62.4 Å². The van der Waals surface area contributed by atoms with Crippen LogP contribution in [0, 0.1) is 11.8 Å². The number of nitrogens with two attached hydrogens (primary N) is 1. The van der Waals surface area contributed by atoms with Crippen LogP contribution in [0.25, 0.3) is 0 Å². The average Bonchev–Trinajstić information content (AvgIpc) is 2.62. The molecule has 0 heterocycles. The highest BCUT2D eigenvalue weighted by Crippen LogP contribution is 2.28. The first-order chi connectivity index (χ1) is 11.6. The monoisotopic (exact) mass is 332 g/mol. The third-order valence-electron chi connectivity index (χ3n) is 5.29. The van der Waals surface area contributed by atoms with Crippen LogP contribution in [0.2, 0.25) is 0 Å². The van der Waals surface area contributed by atoms with E-state index in [4.69, 9.17) is 5.73 Å². The van der Waals surface area contributed by atoms with Crippen molar-refractivity contribution in [3.8, 4) is 0 Å². The van der Waals surface area contributed by atoms with Crippen LogP contribution in [-0.4, -0.2) is 30.2 Å². The van der Waals surface area contributed by atoms with Gasteiger partial charge in [0.25, 0.3) is 0 Å². The zero-order valence-electron chi connectivity index (χ0n) is 14.8. The van der Waals surface area contributed by atoms with E-state index >= 15 is 0 Å². The van der Waals surface area contributed by atoms with E-state index in [1.165, 1.54) is 32.1 Å². The lowest BCUT2D eigenvalue weighted by atomic mass is 9.82. The Hall–Kier alpha value is -1.39. The van der Waals surface area contributed by atoms with E-state index in [-0.39, 0.29) is 17.9 Å². The van der Waals surface area contributed by atoms with Crippen molar-refractivity contribution in [1.82, 2.24) is 5.32 Å². The molecule has 0 bridgehead atoms. The molecule has 0 aromatic heterocycles. The fourth-order valence-electron chi connectivity index (χ4n) is 3.82. The smallest absolute Gasteiger partial charge is 0.223 e. The molecule has 1 saturated carbocycles. The van der Waals surface area contributed by atoms with Gasteiger partial charge in [0.2, 0.25) is 5.91 Å². The normalized spacial score (nSPS) is 19.5. The highest BCUT2D eigenvalue weighted by molar-refractivity contribution is 5.78. The number of hydrogen-bond acceptors (Lipinski definition) is 3. The van der Waals surface area contributed by atoms with Crippen molar-refractivity contribution in [3.63, 3.8) is 0 Å². The van der Waals surface area contributed by atoms with Crippen LogP contribution >= 0.6 is 0 Å². The van der Waals surface area contributed by atoms with Crippen molar-refractivity contribution < 1.29 is 9.90 Å². The van der Waals surface area contributed by atoms with E-state index in [2.05, 4.69) is 5.32 Å². The first kappa shape index (κ1) is 18.9. The van der Waals surface area contributed by atoms with Gasteiger partial charge in [0.05, 0.1) is 6.10 Å². The molecule has 0 aliphatic heterocycles. The molecule has 2 rings (SSSR count). The quantitative estimate of drug-likeness (QED) is 0.685. The Morgan fingerprint density at radius 3 is 2.54 bits per heavy atom. The van der Waals surface area contributed by atoms with Crippen molar-refractivity contribution in [2.45, 2.75) is 63.5 Å². The largest absolute Gasteiger partial charge is 0.391 e. The molecule has 134 valence electrons. The zero-order valence-corrected chi connectivity index (χ0v) is 14.8. The molecule has 24 heavy (non-hydrogen) atoms. The minimum absolute atomic E-state index is 0.0252. The number of nitrogens with one attached hydrogen (secondary N) is 1. The lowest BCUT2D eigenvalue weighted by Crippen LogP contribution is -2.41. The van der Waals surface area contributed by atoms with Gasteiger partial charge in [-0.3, -0.25) is 4.79 Å². The molecular weight excluding hydrogens is 300 g/mol. The Morgan fingerprint density at radius 2 is 1.92 bits per heavy atom. The molecule has 0 spiro atoms. The molecule has 1 aliphatic carbocycles. The third-order valence-corrected chi connectivity index (χ3v) is 5.29. The summed E-state index contributed by atoms with van der Waals surface area (Å²) in [6.07, 6.45) is 7.63. The topological polar surface area (TPSA) is 75.3 Å². The second-order valence-corrected chi connectivity index (χ2v) is 7.21. The molecule has 4 N–H and O–H groups in total. The molecule has 3 atom stereocenters. The minimum Gasteiger partial charge on any atom is -0.391 e. The molecule has 1 aromatic rings. The molecule has 1 aromatic carbocycles. The number of benzene rings is 1. The number of aliphatic hydroxyl groups is 1. The van der Waals surface area contributed by atoms with Crippen LogP contribution in [0.3, 0.4) is 0 Å². The number of rotatable bonds is 8. The summed E-state index contributed by atoms with van der Waals surface area (Å²) in [5.41, 5.74) is 7.36. The van der Waals surface area contributed by atoms with Crippen LogP contribution in [0.5, 0.6) is 0 Å². The second kappa shape index (κ2) is 9.80. The lowest BCUT2D eigenvalue weighted by molar-refractivity contribution is -0.125. The van der Waals surface area contributed by atoms with E-state index < -0.39 is 6.10 Å². The number of aliphatic hydroxyl groups excluding tert-OH is 1. The van der Waals surface area contributed by atoms with Crippen LogP contribution in [0.1, 0.15) is 50.5 Å². The van der Waals surface area contributed by atoms with Crippen LogP contribution in [-0.2, 0) is 11.2 Å². The molecule has 0 saturated heterocycles. The summed E-state index contributed by atoms with van der Waals surface area (Å²) in [6, 6.07) is 9.71. The Kier molecular flexibility index (Phi) is 7.73. The molecule has 3 unspecified atom stereocenters. The van der Waals surface area contributed by atoms with Crippen molar-refractivity contribution >= 4 is 5.91 Å². The predicted octanol–water partition coefficient (Wildman–Crippen LogP) is 2.64. The summed E-state index contributed by atoms with van der Waals surface area (Å²) < 4.78 is 0. The van der Waals surface area contributed by atoms with Gasteiger partial charge in [-0.15, -0.1) is 0 Å². The van der Waals surface area contributed by atoms with Gasteiger partial charge in [-0.05, 0) is 30.7 Å². The highest BCUT2D eigenvalue weighted by Gasteiger charge is 2.27. The van der Waals surface area contributed by atoms with Gasteiger partial charge in [0.15, 0.2) is 0 Å². The van der Waals surface area contributed by atoms with E-state index in [0.29, 0.717) is 18.8 Å². The summed E-state index contributed by atoms with van der Waals surface area (Å²) in [5, 5.41) is 13.3. The maximum atomic E-state index is 12.2. The van der Waals surface area contributed by atoms with Gasteiger partial charge < -0.3 is 16.2 Å². The van der Waals surface area contributed by atoms with E-state index in [1.54, 1.807) is 7.05 Å². The maximum Gasteiger partial charge on any atom is 0.223 e. The van der Waals surface area contributed by atoms with Crippen LogP contribution in [0.4, 0.5) is 0 Å². The summed E-state index contributed by atoms with van der Waals surface area (Å²) in [5.74, 6) is 0.364. The Labute approximate surface area is 145 Å². The molecular formula is C20H32N2O2. The maximum absolute atomic E-state index is 12.2. The Balaban J connectivity index is 1.90. The van der Waals surface area contributed by atoms with E-state index in [1.807, 2.05) is 30.3 Å². The van der Waals surface area contributed by atoms with Crippen LogP contribution < -0.4 is 11.1 Å². The van der Waals surface area contributed by atoms with Gasteiger partial charge in [0.1, 0.15) is 0 Å². The summed E-state index contributed by atoms with van der Waals surface area (Å²) >= 11 is 0. The zero-order chi connectivity index (χ0) is 17.4. The predicted molar refractivity (Wildman–Crippen MR) is 97.5 cm³/mol. The molecule has 4 heteroatoms. The minimum atomic E-state index is -0.627. The molecule has 1 aliphatic rings. The third kappa shape index (κ3) is 5.91. The summed E-state index contributed by atoms with van der Waals surface area (Å²) in [6.45, 7) is 0. The molecule has 1 fully saturated rings. The van der Waals surface area contributed by atoms with E-state index in [0.717, 1.165) is 12.0 Å². The Bertz CT molecular complexity index is 486. The van der Waals surface area contributed by atoms with Gasteiger partial charge in [0, 0.05) is 19.0 Å². The SMILES string of the molecule is CNC(=O)C(Cc1ccccc1)CC(O)C(N)CC1CCCCC1. The highest BCUT2D eigenvalue weighted by atomic mass is 16.3. The average molecular weight is 332 g/mol. The molecule has 1 amide bonds. The summed E-state index contributed by atoms with van der Waals surface area (Å²) in [7, 11) is 1.65. The second-order valence-electron chi connectivity index (χ2n) is 7.21. The van der Waals surface area contributed by atoms with Crippen molar-refractivity contribution in [2.75, 3.05) is 7.05 Å². The van der Waals surface area contributed by atoms with Gasteiger partial charge >= 0.3 is 0 Å². The van der Waals surface area contributed by atoms with Crippen molar-refractivity contribution in [2.24, 2.45) is 17.6 Å². The fourth-order valence-corrected chi connectivity index (χ4v) is 3.82. The fraction of sp³-hybridized carbons (Fsp3) is 0.650. The standard InChI is InChI=1S/C20H32N2O2/c1-22-20(24)17(12-15-8-4-2-5-9-15)14-19(23)18(21)13-16-10-6-3-7-11-16/h2,4-5,8-9,16-19,23H,3,6-7,10-14,21H2,1H3,(H,22,24). The first-order valence-corrected chi connectivity index (χ1v) is 9.29. The first-order valence-electron chi connectivity index (χ1n) is 9.29. The molecule has 4 nitrogen and oxygen atoms in total. The van der Waals surface area contributed by atoms with Gasteiger partial charge in [-0.2, -0.15) is 0 Å². The number of amides is 1.